The Labute approximate surface area is 243 Å². The van der Waals surface area contributed by atoms with Crippen molar-refractivity contribution in [3.63, 3.8) is 0 Å². The number of nitrogen functional groups attached to an aromatic ring is 1. The Balaban J connectivity index is 1.59. The lowest BCUT2D eigenvalue weighted by Crippen LogP contribution is -2.58. The van der Waals surface area contributed by atoms with Crippen molar-refractivity contribution < 1.29 is 9.59 Å². The van der Waals surface area contributed by atoms with Crippen LogP contribution in [0.2, 0.25) is 0 Å². The van der Waals surface area contributed by atoms with E-state index in [1.807, 2.05) is 43.3 Å². The van der Waals surface area contributed by atoms with E-state index in [1.54, 1.807) is 12.1 Å². The highest BCUT2D eigenvalue weighted by atomic mass is 16.2. The Morgan fingerprint density at radius 2 is 1.46 bits per heavy atom. The van der Waals surface area contributed by atoms with Crippen LogP contribution in [0.1, 0.15) is 73.1 Å². The van der Waals surface area contributed by atoms with Crippen LogP contribution in [-0.4, -0.2) is 48.7 Å². The van der Waals surface area contributed by atoms with Gasteiger partial charge in [0, 0.05) is 5.56 Å². The van der Waals surface area contributed by atoms with Crippen LogP contribution in [0.5, 0.6) is 0 Å². The molecule has 1 aliphatic heterocycles. The Bertz CT molecular complexity index is 1220. The van der Waals surface area contributed by atoms with Crippen molar-refractivity contribution >= 4 is 23.5 Å². The molecule has 0 bridgehead atoms. The second-order valence-corrected chi connectivity index (χ2v) is 11.6. The molecule has 1 heterocycles. The van der Waals surface area contributed by atoms with Gasteiger partial charge in [-0.05, 0) is 80.6 Å². The van der Waals surface area contributed by atoms with Crippen molar-refractivity contribution in [2.75, 3.05) is 13.1 Å². The number of rotatable bonds is 11. The van der Waals surface area contributed by atoms with Crippen molar-refractivity contribution in [2.24, 2.45) is 23.3 Å². The highest BCUT2D eigenvalue weighted by Gasteiger charge is 2.36. The average molecular weight is 560 g/mol. The molecule has 220 valence electrons. The van der Waals surface area contributed by atoms with Crippen LogP contribution in [0, 0.1) is 29.6 Å². The third-order valence-corrected chi connectivity index (χ3v) is 8.77. The number of amides is 2. The van der Waals surface area contributed by atoms with E-state index < -0.39 is 18.0 Å². The third-order valence-electron chi connectivity index (χ3n) is 8.77. The van der Waals surface area contributed by atoms with Crippen LogP contribution in [-0.2, 0) is 16.0 Å². The number of carbonyl (C=O) groups is 2. The van der Waals surface area contributed by atoms with Crippen LogP contribution in [0.15, 0.2) is 48.5 Å². The standard InChI is InChI=1S/C32H45N7O2/c1-20-7-5-6-10-25(20)26(19-21-11-13-24(14-12-21)29(33)34)31(40)39-28(22-8-3-2-4-9-22)32(41)38-27(30(35)36)23-15-17-37-18-16-23/h5-7,10-14,22-23,26-28,37H,2-4,8-9,15-19H2,1H3,(H3,33,34)(H3,35,36)(H,38,41)(H,39,40). The molecule has 0 spiro atoms. The van der Waals surface area contributed by atoms with Crippen LogP contribution in [0.3, 0.4) is 0 Å². The Morgan fingerprint density at radius 3 is 2.07 bits per heavy atom. The summed E-state index contributed by atoms with van der Waals surface area (Å²) in [5.74, 6) is -0.865. The van der Waals surface area contributed by atoms with Gasteiger partial charge in [-0.25, -0.2) is 0 Å². The molecule has 2 fully saturated rings. The van der Waals surface area contributed by atoms with Crippen molar-refractivity contribution in [2.45, 2.75) is 76.3 Å². The predicted octanol–water partition coefficient (Wildman–Crippen LogP) is 3.09. The van der Waals surface area contributed by atoms with Crippen molar-refractivity contribution in [1.82, 2.24) is 16.0 Å². The molecule has 9 heteroatoms. The highest BCUT2D eigenvalue weighted by molar-refractivity contribution is 5.95. The molecule has 1 saturated carbocycles. The zero-order valence-electron chi connectivity index (χ0n) is 24.0. The first-order valence-electron chi connectivity index (χ1n) is 14.9. The molecule has 2 aromatic carbocycles. The van der Waals surface area contributed by atoms with E-state index in [0.717, 1.165) is 74.7 Å². The van der Waals surface area contributed by atoms with Gasteiger partial charge in [0.1, 0.15) is 17.7 Å². The smallest absolute Gasteiger partial charge is 0.243 e. The van der Waals surface area contributed by atoms with E-state index in [4.69, 9.17) is 22.3 Å². The summed E-state index contributed by atoms with van der Waals surface area (Å²) in [5.41, 5.74) is 15.1. The molecule has 0 radical (unpaired) electrons. The van der Waals surface area contributed by atoms with Gasteiger partial charge < -0.3 is 27.4 Å². The van der Waals surface area contributed by atoms with Crippen molar-refractivity contribution in [1.29, 1.82) is 10.8 Å². The molecule has 2 aromatic rings. The summed E-state index contributed by atoms with van der Waals surface area (Å²) in [5, 5.41) is 25.5. The van der Waals surface area contributed by atoms with E-state index in [2.05, 4.69) is 16.0 Å². The first-order valence-corrected chi connectivity index (χ1v) is 14.9. The lowest BCUT2D eigenvalue weighted by atomic mass is 9.82. The van der Waals surface area contributed by atoms with Gasteiger partial charge in [0.2, 0.25) is 11.8 Å². The maximum atomic E-state index is 14.1. The van der Waals surface area contributed by atoms with E-state index in [-0.39, 0.29) is 35.3 Å². The minimum Gasteiger partial charge on any atom is -0.386 e. The molecular weight excluding hydrogens is 514 g/mol. The summed E-state index contributed by atoms with van der Waals surface area (Å²) in [6.45, 7) is 3.66. The SMILES string of the molecule is Cc1ccccc1C(Cc1ccc(C(=N)N)cc1)C(=O)NC(C(=O)NC(C(=N)N)C1CCNCC1)C1CCCCC1. The number of piperidine rings is 1. The number of nitrogens with one attached hydrogen (secondary N) is 5. The number of nitrogens with two attached hydrogens (primary N) is 2. The number of aryl methyl sites for hydroxylation is 1. The fourth-order valence-corrected chi connectivity index (χ4v) is 6.37. The number of carbonyl (C=O) groups excluding carboxylic acids is 2. The molecule has 3 unspecified atom stereocenters. The lowest BCUT2D eigenvalue weighted by Gasteiger charge is -2.35. The second-order valence-electron chi connectivity index (χ2n) is 11.6. The van der Waals surface area contributed by atoms with Crippen LogP contribution in [0.4, 0.5) is 0 Å². The first kappa shape index (κ1) is 30.2. The highest BCUT2D eigenvalue weighted by Crippen LogP contribution is 2.29. The Kier molecular flexibility index (Phi) is 10.5. The third kappa shape index (κ3) is 7.94. The van der Waals surface area contributed by atoms with E-state index in [0.29, 0.717) is 12.0 Å². The summed E-state index contributed by atoms with van der Waals surface area (Å²) < 4.78 is 0. The molecule has 3 atom stereocenters. The van der Waals surface area contributed by atoms with Gasteiger partial charge in [0.25, 0.3) is 0 Å². The molecule has 1 aliphatic carbocycles. The van der Waals surface area contributed by atoms with E-state index in [1.165, 1.54) is 0 Å². The fourth-order valence-electron chi connectivity index (χ4n) is 6.37. The molecule has 0 aromatic heterocycles. The van der Waals surface area contributed by atoms with Gasteiger partial charge >= 0.3 is 0 Å². The summed E-state index contributed by atoms with van der Waals surface area (Å²) in [6, 6.07) is 14.0. The Morgan fingerprint density at radius 1 is 0.854 bits per heavy atom. The average Bonchev–Trinajstić information content (AvgIpc) is 2.98. The maximum absolute atomic E-state index is 14.1. The number of benzene rings is 2. The predicted molar refractivity (Wildman–Crippen MR) is 163 cm³/mol. The number of amidine groups is 2. The van der Waals surface area contributed by atoms with Gasteiger partial charge in [-0.2, -0.15) is 0 Å². The zero-order chi connectivity index (χ0) is 29.4. The molecule has 9 N–H and O–H groups in total. The molecule has 9 nitrogen and oxygen atoms in total. The summed E-state index contributed by atoms with van der Waals surface area (Å²) in [4.78, 5) is 28.0. The molecule has 2 amide bonds. The zero-order valence-corrected chi connectivity index (χ0v) is 24.0. The van der Waals surface area contributed by atoms with E-state index in [9.17, 15) is 9.59 Å². The number of hydrogen-bond acceptors (Lipinski definition) is 5. The second kappa shape index (κ2) is 14.3. The van der Waals surface area contributed by atoms with Crippen LogP contribution >= 0.6 is 0 Å². The number of hydrogen-bond donors (Lipinski definition) is 7. The Hall–Kier alpha value is -3.72. The molecule has 1 saturated heterocycles. The van der Waals surface area contributed by atoms with E-state index >= 15 is 0 Å². The summed E-state index contributed by atoms with van der Waals surface area (Å²) in [6.07, 6.45) is 7.05. The lowest BCUT2D eigenvalue weighted by molar-refractivity contribution is -0.131. The van der Waals surface area contributed by atoms with Gasteiger partial charge in [-0.3, -0.25) is 20.4 Å². The molecular formula is C32H45N7O2. The largest absolute Gasteiger partial charge is 0.386 e. The fraction of sp³-hybridized carbons (Fsp3) is 0.500. The first-order chi connectivity index (χ1) is 19.7. The van der Waals surface area contributed by atoms with Crippen LogP contribution in [0.25, 0.3) is 0 Å². The van der Waals surface area contributed by atoms with Gasteiger partial charge in [-0.15, -0.1) is 0 Å². The summed E-state index contributed by atoms with van der Waals surface area (Å²) >= 11 is 0. The minimum absolute atomic E-state index is 0.000521. The monoisotopic (exact) mass is 559 g/mol. The minimum atomic E-state index is -0.696. The molecule has 4 rings (SSSR count). The normalized spacial score (nSPS) is 18.6. The van der Waals surface area contributed by atoms with Gasteiger partial charge in [0.05, 0.1) is 12.0 Å². The quantitative estimate of drug-likeness (QED) is 0.165. The van der Waals surface area contributed by atoms with Gasteiger partial charge in [0.15, 0.2) is 0 Å². The molecule has 41 heavy (non-hydrogen) atoms. The van der Waals surface area contributed by atoms with Crippen LogP contribution < -0.4 is 27.4 Å². The molecule has 2 aliphatic rings. The topological polar surface area (TPSA) is 170 Å². The van der Waals surface area contributed by atoms with Gasteiger partial charge in [-0.1, -0.05) is 67.8 Å². The van der Waals surface area contributed by atoms with Crippen molar-refractivity contribution in [3.05, 3.63) is 70.8 Å². The van der Waals surface area contributed by atoms with Crippen molar-refractivity contribution in [3.8, 4) is 0 Å². The summed E-state index contributed by atoms with van der Waals surface area (Å²) in [7, 11) is 0. The maximum Gasteiger partial charge on any atom is 0.243 e.